The molecule has 5 heteroatoms. The zero-order valence-corrected chi connectivity index (χ0v) is 15.9. The van der Waals surface area contributed by atoms with E-state index >= 15 is 0 Å². The highest BCUT2D eigenvalue weighted by Crippen LogP contribution is 2.23. The monoisotopic (exact) mass is 350 g/mol. The first-order valence-corrected chi connectivity index (χ1v) is 9.01. The first-order chi connectivity index (χ1) is 12.5. The molecule has 0 bridgehead atoms. The lowest BCUT2D eigenvalue weighted by molar-refractivity contribution is 0.0827. The van der Waals surface area contributed by atoms with Gasteiger partial charge in [-0.15, -0.1) is 0 Å². The van der Waals surface area contributed by atoms with Gasteiger partial charge in [-0.25, -0.2) is 4.98 Å². The Hall–Kier alpha value is -2.82. The summed E-state index contributed by atoms with van der Waals surface area (Å²) in [6.07, 6.45) is 1.02. The van der Waals surface area contributed by atoms with Crippen molar-refractivity contribution in [3.63, 3.8) is 0 Å². The number of aromatic nitrogens is 2. The van der Waals surface area contributed by atoms with Crippen LogP contribution in [0.15, 0.2) is 42.5 Å². The van der Waals surface area contributed by atoms with Crippen molar-refractivity contribution in [3.8, 4) is 0 Å². The Morgan fingerprint density at radius 2 is 2.00 bits per heavy atom. The number of nitrogens with one attached hydrogen (secondary N) is 1. The summed E-state index contributed by atoms with van der Waals surface area (Å²) in [6, 6.07) is 14.2. The summed E-state index contributed by atoms with van der Waals surface area (Å²) in [6.45, 7) is 5.85. The van der Waals surface area contributed by atoms with Crippen LogP contribution in [0.5, 0.6) is 0 Å². The second-order valence-electron chi connectivity index (χ2n) is 6.83. The van der Waals surface area contributed by atoms with Gasteiger partial charge in [0, 0.05) is 32.7 Å². The van der Waals surface area contributed by atoms with Gasteiger partial charge in [0.2, 0.25) is 5.95 Å². The topological polar surface area (TPSA) is 50.2 Å². The molecule has 1 aromatic heterocycles. The molecule has 0 aliphatic heterocycles. The number of anilines is 1. The van der Waals surface area contributed by atoms with Crippen LogP contribution in [-0.2, 0) is 13.1 Å². The van der Waals surface area contributed by atoms with Crippen LogP contribution in [0.1, 0.15) is 34.8 Å². The van der Waals surface area contributed by atoms with Crippen molar-refractivity contribution in [2.45, 2.75) is 33.4 Å². The first kappa shape index (κ1) is 18.0. The van der Waals surface area contributed by atoms with E-state index in [4.69, 9.17) is 4.98 Å². The van der Waals surface area contributed by atoms with Gasteiger partial charge in [0.05, 0.1) is 11.0 Å². The molecule has 5 nitrogen and oxygen atoms in total. The van der Waals surface area contributed by atoms with E-state index in [0.717, 1.165) is 36.5 Å². The Labute approximate surface area is 154 Å². The van der Waals surface area contributed by atoms with Crippen molar-refractivity contribution in [1.82, 2.24) is 14.5 Å². The molecule has 3 aromatic rings. The van der Waals surface area contributed by atoms with E-state index < -0.39 is 0 Å². The zero-order chi connectivity index (χ0) is 18.7. The Morgan fingerprint density at radius 1 is 1.19 bits per heavy atom. The van der Waals surface area contributed by atoms with Gasteiger partial charge in [0.25, 0.3) is 5.91 Å². The predicted octanol–water partition coefficient (Wildman–Crippen LogP) is 4.07. The number of imidazole rings is 1. The molecule has 2 aromatic carbocycles. The van der Waals surface area contributed by atoms with Crippen molar-refractivity contribution in [1.29, 1.82) is 0 Å². The number of amides is 1. The summed E-state index contributed by atoms with van der Waals surface area (Å²) >= 11 is 0. The molecule has 0 saturated carbocycles. The van der Waals surface area contributed by atoms with E-state index in [1.54, 1.807) is 19.0 Å². The lowest BCUT2D eigenvalue weighted by Crippen LogP contribution is -2.21. The van der Waals surface area contributed by atoms with Gasteiger partial charge in [-0.2, -0.15) is 0 Å². The molecule has 0 radical (unpaired) electrons. The van der Waals surface area contributed by atoms with Crippen molar-refractivity contribution in [2.24, 2.45) is 0 Å². The number of rotatable bonds is 6. The molecule has 0 aliphatic carbocycles. The number of benzene rings is 2. The Morgan fingerprint density at radius 3 is 2.69 bits per heavy atom. The molecule has 26 heavy (non-hydrogen) atoms. The number of nitrogens with zero attached hydrogens (tertiary/aromatic N) is 3. The maximum atomic E-state index is 12.2. The predicted molar refractivity (Wildman–Crippen MR) is 107 cm³/mol. The Kier molecular flexibility index (Phi) is 5.26. The van der Waals surface area contributed by atoms with Gasteiger partial charge in [-0.1, -0.05) is 36.8 Å². The number of carbonyl (C=O) groups is 1. The third-order valence-corrected chi connectivity index (χ3v) is 4.38. The Bertz CT molecular complexity index is 927. The van der Waals surface area contributed by atoms with Crippen molar-refractivity contribution < 1.29 is 4.79 Å². The molecule has 1 N–H and O–H groups in total. The molecule has 1 amide bonds. The van der Waals surface area contributed by atoms with E-state index in [1.807, 2.05) is 18.2 Å². The van der Waals surface area contributed by atoms with Crippen LogP contribution < -0.4 is 5.32 Å². The third-order valence-electron chi connectivity index (χ3n) is 4.38. The molecule has 0 unspecified atom stereocenters. The van der Waals surface area contributed by atoms with Crippen molar-refractivity contribution in [3.05, 3.63) is 59.2 Å². The van der Waals surface area contributed by atoms with Crippen LogP contribution in [0.3, 0.4) is 0 Å². The number of fused-ring (bicyclic) bond motifs is 1. The number of carbonyl (C=O) groups excluding carboxylic acids is 1. The highest BCUT2D eigenvalue weighted by atomic mass is 16.2. The second kappa shape index (κ2) is 7.60. The van der Waals surface area contributed by atoms with Crippen LogP contribution in [0.4, 0.5) is 5.95 Å². The molecule has 0 atom stereocenters. The van der Waals surface area contributed by atoms with Gasteiger partial charge in [0.1, 0.15) is 0 Å². The molecule has 0 spiro atoms. The SMILES string of the molecule is CCCn1c(NCc2cccc(C)c2)nc2cc(C(=O)N(C)C)ccc21. The minimum absolute atomic E-state index is 0.00814. The summed E-state index contributed by atoms with van der Waals surface area (Å²) < 4.78 is 2.19. The summed E-state index contributed by atoms with van der Waals surface area (Å²) in [5, 5.41) is 3.46. The minimum Gasteiger partial charge on any atom is -0.352 e. The van der Waals surface area contributed by atoms with Crippen LogP contribution in [0.25, 0.3) is 11.0 Å². The van der Waals surface area contributed by atoms with Crippen LogP contribution >= 0.6 is 0 Å². The maximum absolute atomic E-state index is 12.2. The lowest BCUT2D eigenvalue weighted by Gasteiger charge is -2.11. The molecule has 0 fully saturated rings. The molecule has 3 rings (SSSR count). The average molecular weight is 350 g/mol. The number of hydrogen-bond acceptors (Lipinski definition) is 3. The fourth-order valence-electron chi connectivity index (χ4n) is 3.11. The number of hydrogen-bond donors (Lipinski definition) is 1. The molecule has 1 heterocycles. The van der Waals surface area contributed by atoms with Crippen LogP contribution in [0, 0.1) is 6.92 Å². The van der Waals surface area contributed by atoms with Gasteiger partial charge >= 0.3 is 0 Å². The number of aryl methyl sites for hydroxylation is 2. The lowest BCUT2D eigenvalue weighted by atomic mass is 10.1. The highest BCUT2D eigenvalue weighted by Gasteiger charge is 2.14. The summed E-state index contributed by atoms with van der Waals surface area (Å²) in [4.78, 5) is 18.6. The summed E-state index contributed by atoms with van der Waals surface area (Å²) in [5.74, 6) is 0.837. The zero-order valence-electron chi connectivity index (χ0n) is 15.9. The summed E-state index contributed by atoms with van der Waals surface area (Å²) in [7, 11) is 3.52. The largest absolute Gasteiger partial charge is 0.352 e. The molecular weight excluding hydrogens is 324 g/mol. The van der Waals surface area contributed by atoms with Crippen molar-refractivity contribution in [2.75, 3.05) is 19.4 Å². The Balaban J connectivity index is 1.93. The first-order valence-electron chi connectivity index (χ1n) is 9.01. The van der Waals surface area contributed by atoms with Gasteiger partial charge in [0.15, 0.2) is 0 Å². The molecule has 136 valence electrons. The van der Waals surface area contributed by atoms with Gasteiger partial charge < -0.3 is 14.8 Å². The fourth-order valence-corrected chi connectivity index (χ4v) is 3.11. The molecule has 0 saturated heterocycles. The van der Waals surface area contributed by atoms with Crippen molar-refractivity contribution >= 4 is 22.9 Å². The summed E-state index contributed by atoms with van der Waals surface area (Å²) in [5.41, 5.74) is 5.03. The molecule has 0 aliphatic rings. The standard InChI is InChI=1S/C21H26N4O/c1-5-11-25-19-10-9-17(20(26)24(3)4)13-18(19)23-21(25)22-14-16-8-6-7-15(2)12-16/h6-10,12-13H,5,11,14H2,1-4H3,(H,22,23). The van der Waals surface area contributed by atoms with E-state index in [9.17, 15) is 4.79 Å². The van der Waals surface area contributed by atoms with E-state index in [2.05, 4.69) is 48.0 Å². The highest BCUT2D eigenvalue weighted by molar-refractivity contribution is 5.97. The minimum atomic E-state index is -0.00814. The average Bonchev–Trinajstić information content (AvgIpc) is 2.96. The maximum Gasteiger partial charge on any atom is 0.253 e. The van der Waals surface area contributed by atoms with E-state index in [0.29, 0.717) is 5.56 Å². The van der Waals surface area contributed by atoms with Gasteiger partial charge in [-0.05, 0) is 37.1 Å². The van der Waals surface area contributed by atoms with Gasteiger partial charge in [-0.3, -0.25) is 4.79 Å². The van der Waals surface area contributed by atoms with Crippen LogP contribution in [-0.4, -0.2) is 34.5 Å². The van der Waals surface area contributed by atoms with Crippen LogP contribution in [0.2, 0.25) is 0 Å². The second-order valence-corrected chi connectivity index (χ2v) is 6.83. The van der Waals surface area contributed by atoms with E-state index in [1.165, 1.54) is 11.1 Å². The third kappa shape index (κ3) is 3.72. The normalized spacial score (nSPS) is 10.9. The fraction of sp³-hybridized carbons (Fsp3) is 0.333. The molecular formula is C21H26N4O. The smallest absolute Gasteiger partial charge is 0.253 e. The quantitative estimate of drug-likeness (QED) is 0.729. The van der Waals surface area contributed by atoms with E-state index in [-0.39, 0.29) is 5.91 Å².